The SMILES string of the molecule is CCN(Cc1ccccc1)C(=O)Cn1c(=O)n(-c2ccc(Cl)c(Cl)c2)c(=O)c2c3c(sc21)CCCC3. The Labute approximate surface area is 222 Å². The highest BCUT2D eigenvalue weighted by molar-refractivity contribution is 7.18. The predicted octanol–water partition coefficient (Wildman–Crippen LogP) is 5.45. The van der Waals surface area contributed by atoms with Gasteiger partial charge in [-0.05, 0) is 61.9 Å². The maximum Gasteiger partial charge on any atom is 0.337 e. The second-order valence-corrected chi connectivity index (χ2v) is 10.8. The molecule has 2 aromatic carbocycles. The number of fused-ring (bicyclic) bond motifs is 3. The van der Waals surface area contributed by atoms with Crippen molar-refractivity contribution >= 4 is 50.7 Å². The molecule has 0 aliphatic heterocycles. The summed E-state index contributed by atoms with van der Waals surface area (Å²) < 4.78 is 2.57. The van der Waals surface area contributed by atoms with Crippen LogP contribution in [0, 0.1) is 0 Å². The molecule has 5 rings (SSSR count). The summed E-state index contributed by atoms with van der Waals surface area (Å²) in [5.41, 5.74) is 1.40. The van der Waals surface area contributed by atoms with Gasteiger partial charge in [0.2, 0.25) is 5.91 Å². The Morgan fingerprint density at radius 1 is 1.03 bits per heavy atom. The molecule has 2 aromatic heterocycles. The van der Waals surface area contributed by atoms with Crippen molar-refractivity contribution in [2.75, 3.05) is 6.54 Å². The van der Waals surface area contributed by atoms with Gasteiger partial charge >= 0.3 is 5.69 Å². The molecule has 4 aromatic rings. The van der Waals surface area contributed by atoms with Gasteiger partial charge in [-0.1, -0.05) is 53.5 Å². The molecule has 36 heavy (non-hydrogen) atoms. The summed E-state index contributed by atoms with van der Waals surface area (Å²) in [4.78, 5) is 44.4. The Hall–Kier alpha value is -2.87. The Morgan fingerprint density at radius 3 is 2.50 bits per heavy atom. The van der Waals surface area contributed by atoms with Crippen LogP contribution in [-0.2, 0) is 30.7 Å². The summed E-state index contributed by atoms with van der Waals surface area (Å²) in [6.45, 7) is 2.71. The highest BCUT2D eigenvalue weighted by atomic mass is 35.5. The summed E-state index contributed by atoms with van der Waals surface area (Å²) in [5, 5.41) is 1.10. The molecule has 0 atom stereocenters. The fraction of sp³-hybridized carbons (Fsp3) is 0.296. The fourth-order valence-electron chi connectivity index (χ4n) is 4.78. The molecule has 186 valence electrons. The number of nitrogens with zero attached hydrogens (tertiary/aromatic N) is 3. The predicted molar refractivity (Wildman–Crippen MR) is 146 cm³/mol. The van der Waals surface area contributed by atoms with Crippen molar-refractivity contribution in [3.05, 3.63) is 95.4 Å². The van der Waals surface area contributed by atoms with Gasteiger partial charge in [0, 0.05) is 18.0 Å². The molecule has 0 N–H and O–H groups in total. The first-order valence-corrected chi connectivity index (χ1v) is 13.5. The largest absolute Gasteiger partial charge is 0.337 e. The lowest BCUT2D eigenvalue weighted by Crippen LogP contribution is -2.42. The van der Waals surface area contributed by atoms with Gasteiger partial charge in [0.15, 0.2) is 0 Å². The second-order valence-electron chi connectivity index (χ2n) is 8.89. The molecule has 0 saturated carbocycles. The fourth-order valence-corrected chi connectivity index (χ4v) is 6.44. The van der Waals surface area contributed by atoms with Crippen LogP contribution in [0.4, 0.5) is 0 Å². The van der Waals surface area contributed by atoms with Crippen molar-refractivity contribution in [3.63, 3.8) is 0 Å². The minimum atomic E-state index is -0.561. The van der Waals surface area contributed by atoms with E-state index in [0.717, 1.165) is 46.3 Å². The second kappa shape index (κ2) is 10.2. The minimum absolute atomic E-state index is 0.156. The Morgan fingerprint density at radius 2 is 1.78 bits per heavy atom. The number of amides is 1. The molecule has 1 aliphatic carbocycles. The van der Waals surface area contributed by atoms with Crippen LogP contribution in [0.3, 0.4) is 0 Å². The van der Waals surface area contributed by atoms with Crippen molar-refractivity contribution in [1.82, 2.24) is 14.0 Å². The Bertz CT molecular complexity index is 1570. The molecule has 0 saturated heterocycles. The van der Waals surface area contributed by atoms with Gasteiger partial charge in [-0.3, -0.25) is 14.2 Å². The standard InChI is InChI=1S/C27H25Cl2N3O3S/c1-2-30(15-17-8-4-3-5-9-17)23(33)16-31-26-24(19-10-6-7-11-22(19)36-26)25(34)32(27(31)35)18-12-13-20(28)21(29)14-18/h3-5,8-9,12-14H,2,6-7,10-11,15-16H2,1H3. The number of aryl methyl sites for hydroxylation is 2. The van der Waals surface area contributed by atoms with E-state index in [9.17, 15) is 14.4 Å². The lowest BCUT2D eigenvalue weighted by molar-refractivity contribution is -0.132. The number of hydrogen-bond donors (Lipinski definition) is 0. The van der Waals surface area contributed by atoms with Crippen LogP contribution in [0.1, 0.15) is 35.8 Å². The minimum Gasteiger partial charge on any atom is -0.337 e. The van der Waals surface area contributed by atoms with Gasteiger partial charge in [-0.15, -0.1) is 11.3 Å². The lowest BCUT2D eigenvalue weighted by Gasteiger charge is -2.22. The summed E-state index contributed by atoms with van der Waals surface area (Å²) in [5.74, 6) is -0.185. The van der Waals surface area contributed by atoms with E-state index in [4.69, 9.17) is 23.2 Å². The number of benzene rings is 2. The van der Waals surface area contributed by atoms with E-state index in [1.165, 1.54) is 22.0 Å². The molecule has 0 fully saturated rings. The smallest absolute Gasteiger partial charge is 0.337 e. The molecule has 1 aliphatic rings. The number of hydrogen-bond acceptors (Lipinski definition) is 4. The van der Waals surface area contributed by atoms with Crippen LogP contribution < -0.4 is 11.2 Å². The number of halogens is 2. The molecule has 9 heteroatoms. The van der Waals surface area contributed by atoms with Crippen molar-refractivity contribution in [3.8, 4) is 5.69 Å². The first-order valence-electron chi connectivity index (χ1n) is 12.0. The van der Waals surface area contributed by atoms with Crippen LogP contribution in [-0.4, -0.2) is 26.5 Å². The van der Waals surface area contributed by atoms with E-state index in [2.05, 4.69) is 0 Å². The average molecular weight is 542 g/mol. The van der Waals surface area contributed by atoms with E-state index in [1.807, 2.05) is 37.3 Å². The van der Waals surface area contributed by atoms with Gasteiger partial charge in [0.1, 0.15) is 11.4 Å². The number of aromatic nitrogens is 2. The van der Waals surface area contributed by atoms with Crippen LogP contribution >= 0.6 is 34.5 Å². The van der Waals surface area contributed by atoms with E-state index in [0.29, 0.717) is 34.0 Å². The number of carbonyl (C=O) groups excluding carboxylic acids is 1. The molecule has 2 heterocycles. The van der Waals surface area contributed by atoms with Crippen LogP contribution in [0.15, 0.2) is 58.1 Å². The number of thiophene rings is 1. The number of likely N-dealkylation sites (N-methyl/N-ethyl adjacent to an activating group) is 1. The first-order chi connectivity index (χ1) is 17.4. The molecular formula is C27H25Cl2N3O3S. The number of rotatable bonds is 6. The highest BCUT2D eigenvalue weighted by Gasteiger charge is 2.26. The van der Waals surface area contributed by atoms with Gasteiger partial charge in [0.05, 0.1) is 21.1 Å². The van der Waals surface area contributed by atoms with E-state index >= 15 is 0 Å². The van der Waals surface area contributed by atoms with Gasteiger partial charge < -0.3 is 4.90 Å². The Balaban J connectivity index is 1.66. The molecule has 0 spiro atoms. The topological polar surface area (TPSA) is 64.3 Å². The van der Waals surface area contributed by atoms with Crippen LogP contribution in [0.25, 0.3) is 15.9 Å². The van der Waals surface area contributed by atoms with E-state index in [1.54, 1.807) is 17.0 Å². The zero-order valence-corrected chi connectivity index (χ0v) is 22.1. The van der Waals surface area contributed by atoms with Gasteiger partial charge in [-0.2, -0.15) is 0 Å². The summed E-state index contributed by atoms with van der Waals surface area (Å²) in [6.07, 6.45) is 3.69. The first kappa shape index (κ1) is 24.8. The van der Waals surface area contributed by atoms with Crippen molar-refractivity contribution < 1.29 is 4.79 Å². The van der Waals surface area contributed by atoms with Crippen molar-refractivity contribution in [2.45, 2.75) is 45.7 Å². The number of carbonyl (C=O) groups is 1. The molecule has 6 nitrogen and oxygen atoms in total. The van der Waals surface area contributed by atoms with E-state index < -0.39 is 5.69 Å². The monoisotopic (exact) mass is 541 g/mol. The zero-order valence-electron chi connectivity index (χ0n) is 19.8. The summed E-state index contributed by atoms with van der Waals surface area (Å²) >= 11 is 13.8. The van der Waals surface area contributed by atoms with Crippen LogP contribution in [0.2, 0.25) is 10.0 Å². The highest BCUT2D eigenvalue weighted by Crippen LogP contribution is 2.34. The van der Waals surface area contributed by atoms with Crippen molar-refractivity contribution in [2.24, 2.45) is 0 Å². The summed E-state index contributed by atoms with van der Waals surface area (Å²) in [7, 11) is 0. The molecule has 1 amide bonds. The normalized spacial score (nSPS) is 13.1. The maximum absolute atomic E-state index is 13.8. The van der Waals surface area contributed by atoms with E-state index in [-0.39, 0.29) is 23.0 Å². The average Bonchev–Trinajstić information content (AvgIpc) is 3.27. The lowest BCUT2D eigenvalue weighted by atomic mass is 9.97. The third kappa shape index (κ3) is 4.51. The third-order valence-electron chi connectivity index (χ3n) is 6.64. The maximum atomic E-state index is 13.8. The molecule has 0 unspecified atom stereocenters. The van der Waals surface area contributed by atoms with Crippen molar-refractivity contribution in [1.29, 1.82) is 0 Å². The Kier molecular flexibility index (Phi) is 7.06. The zero-order chi connectivity index (χ0) is 25.4. The molecular weight excluding hydrogens is 517 g/mol. The van der Waals surface area contributed by atoms with Crippen LogP contribution in [0.5, 0.6) is 0 Å². The van der Waals surface area contributed by atoms with Gasteiger partial charge in [-0.25, -0.2) is 9.36 Å². The quantitative estimate of drug-likeness (QED) is 0.326. The summed E-state index contributed by atoms with van der Waals surface area (Å²) in [6, 6.07) is 14.4. The third-order valence-corrected chi connectivity index (χ3v) is 8.70. The molecule has 0 bridgehead atoms. The van der Waals surface area contributed by atoms with Gasteiger partial charge in [0.25, 0.3) is 5.56 Å². The molecule has 0 radical (unpaired) electrons.